The molecule has 0 aliphatic heterocycles. The third-order valence-electron chi connectivity index (χ3n) is 3.59. The SMILES string of the molecule is CCOCCOCc1cccc(CN=C(N)Nc2ccc(C)cc2)c1. The van der Waals surface area contributed by atoms with Crippen LogP contribution in [0.5, 0.6) is 0 Å². The molecule has 0 radical (unpaired) electrons. The first kappa shape index (κ1) is 19.0. The molecule has 0 aromatic heterocycles. The second kappa shape index (κ2) is 10.5. The Labute approximate surface area is 149 Å². The first-order chi connectivity index (χ1) is 12.2. The smallest absolute Gasteiger partial charge is 0.193 e. The number of nitrogens with two attached hydrogens (primary N) is 1. The van der Waals surface area contributed by atoms with E-state index in [9.17, 15) is 0 Å². The van der Waals surface area contributed by atoms with Crippen LogP contribution in [0.4, 0.5) is 5.69 Å². The standard InChI is InChI=1S/C20H27N3O2/c1-3-24-11-12-25-15-18-6-4-5-17(13-18)14-22-20(21)23-19-9-7-16(2)8-10-19/h4-10,13H,3,11-12,14-15H2,1-2H3,(H3,21,22,23). The van der Waals surface area contributed by atoms with Gasteiger partial charge in [0.2, 0.25) is 0 Å². The fourth-order valence-electron chi connectivity index (χ4n) is 2.27. The van der Waals surface area contributed by atoms with Crippen molar-refractivity contribution in [1.29, 1.82) is 0 Å². The quantitative estimate of drug-likeness (QED) is 0.416. The second-order valence-electron chi connectivity index (χ2n) is 5.76. The number of aryl methyl sites for hydroxylation is 1. The minimum atomic E-state index is 0.405. The summed E-state index contributed by atoms with van der Waals surface area (Å²) < 4.78 is 10.8. The lowest BCUT2D eigenvalue weighted by Gasteiger charge is -2.07. The first-order valence-electron chi connectivity index (χ1n) is 8.54. The lowest BCUT2D eigenvalue weighted by molar-refractivity contribution is 0.0453. The van der Waals surface area contributed by atoms with Gasteiger partial charge in [-0.15, -0.1) is 0 Å². The molecule has 0 fully saturated rings. The highest BCUT2D eigenvalue weighted by Gasteiger charge is 1.99. The number of benzene rings is 2. The predicted octanol–water partition coefficient (Wildman–Crippen LogP) is 3.47. The largest absolute Gasteiger partial charge is 0.379 e. The highest BCUT2D eigenvalue weighted by molar-refractivity contribution is 5.92. The Morgan fingerprint density at radius 2 is 1.76 bits per heavy atom. The summed E-state index contributed by atoms with van der Waals surface area (Å²) in [6.07, 6.45) is 0. The van der Waals surface area contributed by atoms with E-state index in [-0.39, 0.29) is 0 Å². The van der Waals surface area contributed by atoms with Crippen molar-refractivity contribution in [2.24, 2.45) is 10.7 Å². The number of guanidine groups is 1. The maximum absolute atomic E-state index is 5.96. The van der Waals surface area contributed by atoms with E-state index in [2.05, 4.69) is 23.3 Å². The van der Waals surface area contributed by atoms with E-state index in [1.165, 1.54) is 5.56 Å². The predicted molar refractivity (Wildman–Crippen MR) is 103 cm³/mol. The Balaban J connectivity index is 1.82. The molecular formula is C20H27N3O2. The molecule has 0 saturated carbocycles. The summed E-state index contributed by atoms with van der Waals surface area (Å²) in [7, 11) is 0. The van der Waals surface area contributed by atoms with Gasteiger partial charge in [-0.3, -0.25) is 0 Å². The first-order valence-corrected chi connectivity index (χ1v) is 8.54. The number of hydrogen-bond acceptors (Lipinski definition) is 3. The molecule has 25 heavy (non-hydrogen) atoms. The molecule has 0 aliphatic rings. The Kier molecular flexibility index (Phi) is 7.95. The van der Waals surface area contributed by atoms with Gasteiger partial charge in [0.1, 0.15) is 0 Å². The van der Waals surface area contributed by atoms with Crippen LogP contribution in [0.2, 0.25) is 0 Å². The van der Waals surface area contributed by atoms with Gasteiger partial charge in [-0.05, 0) is 37.1 Å². The zero-order valence-corrected chi connectivity index (χ0v) is 15.0. The van der Waals surface area contributed by atoms with Crippen molar-refractivity contribution in [3.05, 3.63) is 65.2 Å². The van der Waals surface area contributed by atoms with Crippen LogP contribution in [-0.4, -0.2) is 25.8 Å². The number of nitrogens with one attached hydrogen (secondary N) is 1. The summed E-state index contributed by atoms with van der Waals surface area (Å²) in [5.41, 5.74) is 10.3. The average Bonchev–Trinajstić information content (AvgIpc) is 2.62. The van der Waals surface area contributed by atoms with E-state index in [1.54, 1.807) is 0 Å². The van der Waals surface area contributed by atoms with Crippen LogP contribution in [0.1, 0.15) is 23.6 Å². The van der Waals surface area contributed by atoms with Gasteiger partial charge in [0.15, 0.2) is 5.96 Å². The molecule has 0 spiro atoms. The topological polar surface area (TPSA) is 68.9 Å². The van der Waals surface area contributed by atoms with Crippen LogP contribution < -0.4 is 11.1 Å². The molecule has 0 atom stereocenters. The number of nitrogens with zero attached hydrogens (tertiary/aromatic N) is 1. The number of anilines is 1. The zero-order chi connectivity index (χ0) is 17.9. The summed E-state index contributed by atoms with van der Waals surface area (Å²) >= 11 is 0. The monoisotopic (exact) mass is 341 g/mol. The fraction of sp³-hybridized carbons (Fsp3) is 0.350. The van der Waals surface area contributed by atoms with E-state index in [1.807, 2.05) is 49.4 Å². The highest BCUT2D eigenvalue weighted by Crippen LogP contribution is 2.10. The van der Waals surface area contributed by atoms with Crippen molar-refractivity contribution in [3.8, 4) is 0 Å². The third kappa shape index (κ3) is 7.37. The average molecular weight is 341 g/mol. The molecule has 0 aliphatic carbocycles. The van der Waals surface area contributed by atoms with E-state index in [0.717, 1.165) is 23.4 Å². The minimum Gasteiger partial charge on any atom is -0.379 e. The summed E-state index contributed by atoms with van der Waals surface area (Å²) in [5, 5.41) is 3.10. The molecule has 0 bridgehead atoms. The normalized spacial score (nSPS) is 11.5. The van der Waals surface area contributed by atoms with Crippen LogP contribution in [0.3, 0.4) is 0 Å². The van der Waals surface area contributed by atoms with Gasteiger partial charge in [0, 0.05) is 12.3 Å². The van der Waals surface area contributed by atoms with Crippen molar-refractivity contribution in [2.45, 2.75) is 27.0 Å². The third-order valence-corrected chi connectivity index (χ3v) is 3.59. The lowest BCUT2D eigenvalue weighted by atomic mass is 10.1. The molecule has 5 nitrogen and oxygen atoms in total. The van der Waals surface area contributed by atoms with E-state index in [4.69, 9.17) is 15.2 Å². The van der Waals surface area contributed by atoms with Gasteiger partial charge in [-0.2, -0.15) is 0 Å². The molecule has 134 valence electrons. The summed E-state index contributed by atoms with van der Waals surface area (Å²) in [6, 6.07) is 16.2. The molecule has 3 N–H and O–H groups in total. The van der Waals surface area contributed by atoms with Gasteiger partial charge in [-0.1, -0.05) is 42.0 Å². The van der Waals surface area contributed by atoms with Crippen LogP contribution in [0.15, 0.2) is 53.5 Å². The molecule has 0 saturated heterocycles. The molecule has 2 aromatic rings. The molecule has 0 unspecified atom stereocenters. The Hall–Kier alpha value is -2.37. The van der Waals surface area contributed by atoms with Crippen molar-refractivity contribution in [1.82, 2.24) is 0 Å². The van der Waals surface area contributed by atoms with Crippen molar-refractivity contribution in [2.75, 3.05) is 25.1 Å². The molecule has 0 amide bonds. The van der Waals surface area contributed by atoms with Crippen molar-refractivity contribution < 1.29 is 9.47 Å². The van der Waals surface area contributed by atoms with Crippen molar-refractivity contribution >= 4 is 11.6 Å². The Morgan fingerprint density at radius 3 is 2.52 bits per heavy atom. The van der Waals surface area contributed by atoms with Gasteiger partial charge < -0.3 is 20.5 Å². The highest BCUT2D eigenvalue weighted by atomic mass is 16.5. The zero-order valence-electron chi connectivity index (χ0n) is 15.0. The van der Waals surface area contributed by atoms with Crippen LogP contribution in [0.25, 0.3) is 0 Å². The summed E-state index contributed by atoms with van der Waals surface area (Å²) in [6.45, 7) is 7.07. The molecule has 2 rings (SSSR count). The van der Waals surface area contributed by atoms with E-state index < -0.39 is 0 Å². The Bertz CT molecular complexity index is 669. The molecular weight excluding hydrogens is 314 g/mol. The molecule has 0 heterocycles. The maximum Gasteiger partial charge on any atom is 0.193 e. The summed E-state index contributed by atoms with van der Waals surface area (Å²) in [4.78, 5) is 4.40. The van der Waals surface area contributed by atoms with Crippen LogP contribution in [-0.2, 0) is 22.6 Å². The fourth-order valence-corrected chi connectivity index (χ4v) is 2.27. The number of rotatable bonds is 9. The second-order valence-corrected chi connectivity index (χ2v) is 5.76. The number of hydrogen-bond donors (Lipinski definition) is 2. The molecule has 5 heteroatoms. The van der Waals surface area contributed by atoms with Crippen LogP contribution >= 0.6 is 0 Å². The van der Waals surface area contributed by atoms with E-state index in [0.29, 0.717) is 32.3 Å². The lowest BCUT2D eigenvalue weighted by Crippen LogP contribution is -2.22. The van der Waals surface area contributed by atoms with Gasteiger partial charge in [0.25, 0.3) is 0 Å². The maximum atomic E-state index is 5.96. The van der Waals surface area contributed by atoms with Gasteiger partial charge in [-0.25, -0.2) is 4.99 Å². The van der Waals surface area contributed by atoms with Crippen molar-refractivity contribution in [3.63, 3.8) is 0 Å². The van der Waals surface area contributed by atoms with E-state index >= 15 is 0 Å². The van der Waals surface area contributed by atoms with Gasteiger partial charge >= 0.3 is 0 Å². The number of aliphatic imine (C=N–C) groups is 1. The van der Waals surface area contributed by atoms with Gasteiger partial charge in [0.05, 0.1) is 26.4 Å². The molecule has 2 aromatic carbocycles. The Morgan fingerprint density at radius 1 is 1.04 bits per heavy atom. The van der Waals surface area contributed by atoms with Crippen LogP contribution in [0, 0.1) is 6.92 Å². The number of ether oxygens (including phenoxy) is 2. The minimum absolute atomic E-state index is 0.405. The summed E-state index contributed by atoms with van der Waals surface area (Å²) in [5.74, 6) is 0.405.